The highest BCUT2D eigenvalue weighted by atomic mass is 32.2. The Morgan fingerprint density at radius 2 is 1.25 bits per heavy atom. The van der Waals surface area contributed by atoms with Crippen LogP contribution in [0.1, 0.15) is 81.1 Å². The van der Waals surface area contributed by atoms with Gasteiger partial charge in [-0.05, 0) is 56.3 Å². The summed E-state index contributed by atoms with van der Waals surface area (Å²) in [6, 6.07) is 1.34. The molecule has 0 bridgehead atoms. The normalized spacial score (nSPS) is 35.7. The summed E-state index contributed by atoms with van der Waals surface area (Å²) >= 11 is 2.04. The predicted octanol–water partition coefficient (Wildman–Crippen LogP) is 6.00. The number of nitrogens with zero attached hydrogens (tertiary/aromatic N) is 1. The van der Waals surface area contributed by atoms with Crippen molar-refractivity contribution < 1.29 is 0 Å². The standard InChI is InChI=1S/C18H37NS/c1-9-20-19-15(3)12-17(5,6)10-14(2)11-18(7,8)13-16(19)4/h14-16H,9-13H2,1-8H3. The monoisotopic (exact) mass is 299 g/mol. The number of hydrogen-bond donors (Lipinski definition) is 0. The maximum absolute atomic E-state index is 2.69. The lowest BCUT2D eigenvalue weighted by atomic mass is 9.71. The van der Waals surface area contributed by atoms with E-state index in [0.29, 0.717) is 22.9 Å². The first-order valence-corrected chi connectivity index (χ1v) is 9.42. The zero-order chi connectivity index (χ0) is 15.6. The lowest BCUT2D eigenvalue weighted by Crippen LogP contribution is -2.41. The lowest BCUT2D eigenvalue weighted by Gasteiger charge is -2.43. The molecular formula is C18H37NS. The van der Waals surface area contributed by atoms with Crippen LogP contribution in [0, 0.1) is 16.7 Å². The Balaban J connectivity index is 2.97. The summed E-state index contributed by atoms with van der Waals surface area (Å²) in [6.07, 6.45) is 5.35. The molecule has 0 aromatic heterocycles. The quantitative estimate of drug-likeness (QED) is 0.576. The average molecular weight is 300 g/mol. The summed E-state index contributed by atoms with van der Waals surface area (Å²) < 4.78 is 2.69. The average Bonchev–Trinajstić information content (AvgIpc) is 2.20. The first kappa shape index (κ1) is 18.4. The predicted molar refractivity (Wildman–Crippen MR) is 94.1 cm³/mol. The van der Waals surface area contributed by atoms with Crippen LogP contribution in [0.5, 0.6) is 0 Å². The van der Waals surface area contributed by atoms with Crippen molar-refractivity contribution in [1.29, 1.82) is 0 Å². The van der Waals surface area contributed by atoms with Gasteiger partial charge in [0.25, 0.3) is 0 Å². The molecule has 0 spiro atoms. The highest BCUT2D eigenvalue weighted by molar-refractivity contribution is 7.97. The van der Waals surface area contributed by atoms with E-state index in [-0.39, 0.29) is 0 Å². The molecule has 1 heterocycles. The van der Waals surface area contributed by atoms with Crippen molar-refractivity contribution in [1.82, 2.24) is 4.31 Å². The molecule has 0 saturated carbocycles. The smallest absolute Gasteiger partial charge is 0.0182 e. The minimum absolute atomic E-state index is 0.457. The third kappa shape index (κ3) is 5.60. The van der Waals surface area contributed by atoms with Crippen molar-refractivity contribution >= 4 is 11.9 Å². The Morgan fingerprint density at radius 1 is 0.850 bits per heavy atom. The van der Waals surface area contributed by atoms with Crippen LogP contribution in [0.4, 0.5) is 0 Å². The molecule has 20 heavy (non-hydrogen) atoms. The van der Waals surface area contributed by atoms with Gasteiger partial charge in [-0.3, -0.25) is 0 Å². The van der Waals surface area contributed by atoms with Crippen molar-refractivity contribution in [2.75, 3.05) is 5.75 Å². The fraction of sp³-hybridized carbons (Fsp3) is 1.00. The van der Waals surface area contributed by atoms with E-state index >= 15 is 0 Å². The topological polar surface area (TPSA) is 3.24 Å². The van der Waals surface area contributed by atoms with Crippen LogP contribution >= 0.6 is 11.9 Å². The zero-order valence-electron chi connectivity index (χ0n) is 15.1. The summed E-state index contributed by atoms with van der Waals surface area (Å²) in [5.41, 5.74) is 0.914. The molecular weight excluding hydrogens is 262 g/mol. The summed E-state index contributed by atoms with van der Waals surface area (Å²) in [5, 5.41) is 0. The SMILES string of the molecule is CCSN1C(C)CC(C)(C)CC(C)CC(C)(C)CC1C. The summed E-state index contributed by atoms with van der Waals surface area (Å²) in [7, 11) is 0. The third-order valence-electron chi connectivity index (χ3n) is 4.65. The van der Waals surface area contributed by atoms with Gasteiger partial charge in [-0.15, -0.1) is 0 Å². The van der Waals surface area contributed by atoms with E-state index in [1.54, 1.807) is 0 Å². The Labute approximate surface area is 132 Å². The van der Waals surface area contributed by atoms with Gasteiger partial charge in [0, 0.05) is 17.8 Å². The van der Waals surface area contributed by atoms with Crippen LogP contribution in [0.3, 0.4) is 0 Å². The van der Waals surface area contributed by atoms with Crippen LogP contribution < -0.4 is 0 Å². The molecule has 1 aliphatic rings. The van der Waals surface area contributed by atoms with Crippen LogP contribution in [0.25, 0.3) is 0 Å². The van der Waals surface area contributed by atoms with Crippen molar-refractivity contribution in [3.8, 4) is 0 Å². The van der Waals surface area contributed by atoms with Crippen molar-refractivity contribution in [2.24, 2.45) is 16.7 Å². The van der Waals surface area contributed by atoms with Gasteiger partial charge in [0.05, 0.1) is 0 Å². The first-order valence-electron chi connectivity index (χ1n) is 8.47. The van der Waals surface area contributed by atoms with E-state index in [2.05, 4.69) is 59.7 Å². The highest BCUT2D eigenvalue weighted by Crippen LogP contribution is 2.42. The molecule has 1 nitrogen and oxygen atoms in total. The summed E-state index contributed by atoms with van der Waals surface area (Å²) in [6.45, 7) is 19.5. The van der Waals surface area contributed by atoms with Gasteiger partial charge in [-0.25, -0.2) is 4.31 Å². The van der Waals surface area contributed by atoms with E-state index < -0.39 is 0 Å². The molecule has 1 aliphatic heterocycles. The minimum atomic E-state index is 0.457. The summed E-state index contributed by atoms with van der Waals surface area (Å²) in [5.74, 6) is 2.02. The Morgan fingerprint density at radius 3 is 1.60 bits per heavy atom. The van der Waals surface area contributed by atoms with E-state index in [4.69, 9.17) is 0 Å². The van der Waals surface area contributed by atoms with Gasteiger partial charge in [0.1, 0.15) is 0 Å². The molecule has 1 rings (SSSR count). The molecule has 120 valence electrons. The van der Waals surface area contributed by atoms with E-state index in [1.165, 1.54) is 31.4 Å². The van der Waals surface area contributed by atoms with E-state index in [9.17, 15) is 0 Å². The molecule has 0 amide bonds. The van der Waals surface area contributed by atoms with Gasteiger partial charge in [0.15, 0.2) is 0 Å². The number of rotatable bonds is 2. The fourth-order valence-electron chi connectivity index (χ4n) is 4.74. The molecule has 2 unspecified atom stereocenters. The van der Waals surface area contributed by atoms with E-state index in [0.717, 1.165) is 5.92 Å². The first-order chi connectivity index (χ1) is 9.06. The van der Waals surface area contributed by atoms with Gasteiger partial charge in [0.2, 0.25) is 0 Å². The second kappa shape index (κ2) is 7.05. The molecule has 2 heteroatoms. The molecule has 1 saturated heterocycles. The Kier molecular flexibility index (Phi) is 6.47. The van der Waals surface area contributed by atoms with Crippen LogP contribution in [0.15, 0.2) is 0 Å². The van der Waals surface area contributed by atoms with Crippen LogP contribution in [0.2, 0.25) is 0 Å². The second-order valence-corrected chi connectivity index (χ2v) is 9.98. The van der Waals surface area contributed by atoms with Gasteiger partial charge >= 0.3 is 0 Å². The molecule has 0 N–H and O–H groups in total. The van der Waals surface area contributed by atoms with Crippen LogP contribution in [-0.2, 0) is 0 Å². The number of hydrogen-bond acceptors (Lipinski definition) is 2. The zero-order valence-corrected chi connectivity index (χ0v) is 15.9. The molecule has 2 atom stereocenters. The summed E-state index contributed by atoms with van der Waals surface area (Å²) in [4.78, 5) is 0. The largest absolute Gasteiger partial charge is 0.245 e. The molecule has 0 aromatic carbocycles. The second-order valence-electron chi connectivity index (χ2n) is 8.73. The molecule has 0 radical (unpaired) electrons. The molecule has 1 fully saturated rings. The minimum Gasteiger partial charge on any atom is -0.245 e. The maximum atomic E-state index is 2.69. The fourth-order valence-corrected chi connectivity index (χ4v) is 5.70. The van der Waals surface area contributed by atoms with Gasteiger partial charge < -0.3 is 0 Å². The Bertz CT molecular complexity index is 272. The van der Waals surface area contributed by atoms with Crippen LogP contribution in [-0.4, -0.2) is 22.1 Å². The molecule has 0 aliphatic carbocycles. The van der Waals surface area contributed by atoms with Gasteiger partial charge in [-0.1, -0.05) is 53.5 Å². The van der Waals surface area contributed by atoms with Crippen molar-refractivity contribution in [3.05, 3.63) is 0 Å². The molecule has 0 aromatic rings. The van der Waals surface area contributed by atoms with Crippen molar-refractivity contribution in [2.45, 2.75) is 93.2 Å². The Hall–Kier alpha value is 0.310. The van der Waals surface area contributed by atoms with Gasteiger partial charge in [-0.2, -0.15) is 0 Å². The maximum Gasteiger partial charge on any atom is 0.0182 e. The van der Waals surface area contributed by atoms with E-state index in [1.807, 2.05) is 11.9 Å². The van der Waals surface area contributed by atoms with Crippen molar-refractivity contribution in [3.63, 3.8) is 0 Å². The third-order valence-corrected chi connectivity index (χ3v) is 5.92. The highest BCUT2D eigenvalue weighted by Gasteiger charge is 2.34. The lowest BCUT2D eigenvalue weighted by molar-refractivity contribution is 0.110.